The van der Waals surface area contributed by atoms with Crippen molar-refractivity contribution in [2.45, 2.75) is 24.3 Å². The molecule has 0 amide bonds. The molecule has 0 bridgehead atoms. The Morgan fingerprint density at radius 1 is 1.35 bits per heavy atom. The third kappa shape index (κ3) is 4.57. The average Bonchev–Trinajstić information content (AvgIpc) is 2.37. The van der Waals surface area contributed by atoms with E-state index in [1.54, 1.807) is 11.9 Å². The first-order valence-electron chi connectivity index (χ1n) is 6.15. The largest absolute Gasteiger partial charge is 0.480 e. The van der Waals surface area contributed by atoms with Crippen LogP contribution >= 0.6 is 0 Å². The van der Waals surface area contributed by atoms with Crippen molar-refractivity contribution in [3.8, 4) is 0 Å². The van der Waals surface area contributed by atoms with Gasteiger partial charge in [0.15, 0.2) is 9.84 Å². The summed E-state index contributed by atoms with van der Waals surface area (Å²) in [7, 11) is -1.83. The first-order chi connectivity index (χ1) is 9.24. The Morgan fingerprint density at radius 2 is 1.90 bits per heavy atom. The molecule has 1 unspecified atom stereocenters. The molecule has 5 nitrogen and oxygen atoms in total. The number of carboxylic acid groups (broad SMARTS) is 1. The highest BCUT2D eigenvalue weighted by molar-refractivity contribution is 7.91. The monoisotopic (exact) mass is 303 g/mol. The van der Waals surface area contributed by atoms with Crippen molar-refractivity contribution in [2.75, 3.05) is 19.3 Å². The predicted molar refractivity (Wildman–Crippen MR) is 72.8 cm³/mol. The van der Waals surface area contributed by atoms with E-state index in [-0.39, 0.29) is 10.6 Å². The molecule has 0 heterocycles. The van der Waals surface area contributed by atoms with Gasteiger partial charge in [0, 0.05) is 0 Å². The molecular formula is C13H18FNO4S. The highest BCUT2D eigenvalue weighted by Gasteiger charge is 2.18. The molecule has 1 atom stereocenters. The summed E-state index contributed by atoms with van der Waals surface area (Å²) in [5, 5.41) is 8.82. The van der Waals surface area contributed by atoms with E-state index in [1.807, 2.05) is 0 Å². The summed E-state index contributed by atoms with van der Waals surface area (Å²) in [6, 6.07) is 4.00. The molecule has 1 aromatic carbocycles. The average molecular weight is 303 g/mol. The molecule has 1 N–H and O–H groups in total. The normalized spacial score (nSPS) is 13.4. The first kappa shape index (κ1) is 16.6. The standard InChI is InChI=1S/C13H18FNO4S/c1-10(13(16)17)15(2)8-3-9-20(18,19)12-6-4-11(14)5-7-12/h4-7,10H,3,8-9H2,1-2H3,(H,16,17). The van der Waals surface area contributed by atoms with Gasteiger partial charge >= 0.3 is 5.97 Å². The van der Waals surface area contributed by atoms with Gasteiger partial charge in [-0.15, -0.1) is 0 Å². The van der Waals surface area contributed by atoms with E-state index in [2.05, 4.69) is 0 Å². The van der Waals surface area contributed by atoms with Crippen LogP contribution in [-0.4, -0.2) is 49.8 Å². The van der Waals surface area contributed by atoms with Crippen LogP contribution in [0.5, 0.6) is 0 Å². The van der Waals surface area contributed by atoms with Crippen LogP contribution in [0.4, 0.5) is 4.39 Å². The molecule has 1 aromatic rings. The summed E-state index contributed by atoms with van der Waals surface area (Å²) in [6.07, 6.45) is 0.313. The molecule has 0 aliphatic carbocycles. The second-order valence-corrected chi connectivity index (χ2v) is 6.73. The summed E-state index contributed by atoms with van der Waals surface area (Å²) >= 11 is 0. The van der Waals surface area contributed by atoms with Crippen LogP contribution in [0, 0.1) is 5.82 Å². The Bertz CT molecular complexity index is 556. The highest BCUT2D eigenvalue weighted by atomic mass is 32.2. The quantitative estimate of drug-likeness (QED) is 0.771. The molecular weight excluding hydrogens is 285 g/mol. The Kier molecular flexibility index (Phi) is 5.64. The molecule has 0 saturated heterocycles. The smallest absolute Gasteiger partial charge is 0.320 e. The van der Waals surface area contributed by atoms with E-state index in [0.29, 0.717) is 13.0 Å². The molecule has 0 aliphatic heterocycles. The second-order valence-electron chi connectivity index (χ2n) is 4.62. The van der Waals surface area contributed by atoms with Crippen LogP contribution in [0.1, 0.15) is 13.3 Å². The first-order valence-corrected chi connectivity index (χ1v) is 7.80. The number of benzene rings is 1. The molecule has 0 spiro atoms. The third-order valence-corrected chi connectivity index (χ3v) is 4.93. The van der Waals surface area contributed by atoms with E-state index in [1.165, 1.54) is 19.1 Å². The molecule has 0 aliphatic rings. The third-order valence-electron chi connectivity index (χ3n) is 3.12. The zero-order valence-electron chi connectivity index (χ0n) is 11.4. The molecule has 0 fully saturated rings. The number of sulfone groups is 1. The summed E-state index contributed by atoms with van der Waals surface area (Å²) in [5.74, 6) is -1.54. The van der Waals surface area contributed by atoms with Gasteiger partial charge in [0.05, 0.1) is 10.6 Å². The minimum absolute atomic E-state index is 0.0767. The SMILES string of the molecule is CC(C(=O)O)N(C)CCCS(=O)(=O)c1ccc(F)cc1. The minimum atomic E-state index is -3.46. The molecule has 20 heavy (non-hydrogen) atoms. The maximum atomic E-state index is 12.7. The molecule has 7 heteroatoms. The fourth-order valence-electron chi connectivity index (χ4n) is 1.65. The summed E-state index contributed by atoms with van der Waals surface area (Å²) in [4.78, 5) is 12.4. The van der Waals surface area contributed by atoms with Crippen molar-refractivity contribution < 1.29 is 22.7 Å². The predicted octanol–water partition coefficient (Wildman–Crippen LogP) is 1.39. The number of rotatable bonds is 7. The number of hydrogen-bond donors (Lipinski definition) is 1. The molecule has 0 aromatic heterocycles. The Morgan fingerprint density at radius 3 is 2.40 bits per heavy atom. The van der Waals surface area contributed by atoms with E-state index in [4.69, 9.17) is 5.11 Å². The van der Waals surface area contributed by atoms with Gasteiger partial charge < -0.3 is 5.11 Å². The number of nitrogens with zero attached hydrogens (tertiary/aromatic N) is 1. The van der Waals surface area contributed by atoms with Crippen molar-refractivity contribution >= 4 is 15.8 Å². The lowest BCUT2D eigenvalue weighted by molar-refractivity contribution is -0.142. The van der Waals surface area contributed by atoms with E-state index in [9.17, 15) is 17.6 Å². The van der Waals surface area contributed by atoms with Gasteiger partial charge in [-0.25, -0.2) is 12.8 Å². The Labute approximate surface area is 117 Å². The minimum Gasteiger partial charge on any atom is -0.480 e. The zero-order chi connectivity index (χ0) is 15.3. The summed E-state index contributed by atoms with van der Waals surface area (Å²) in [6.45, 7) is 1.89. The topological polar surface area (TPSA) is 74.7 Å². The van der Waals surface area contributed by atoms with Crippen LogP contribution in [-0.2, 0) is 14.6 Å². The van der Waals surface area contributed by atoms with Crippen LogP contribution in [0.25, 0.3) is 0 Å². The van der Waals surface area contributed by atoms with Crippen LogP contribution < -0.4 is 0 Å². The second kappa shape index (κ2) is 6.81. The number of hydrogen-bond acceptors (Lipinski definition) is 4. The molecule has 112 valence electrons. The molecule has 1 rings (SSSR count). The zero-order valence-corrected chi connectivity index (χ0v) is 12.2. The molecule has 0 radical (unpaired) electrons. The summed E-state index contributed by atoms with van der Waals surface area (Å²) in [5.41, 5.74) is 0. The lowest BCUT2D eigenvalue weighted by Crippen LogP contribution is -2.36. The van der Waals surface area contributed by atoms with Gasteiger partial charge in [0.25, 0.3) is 0 Å². The van der Waals surface area contributed by atoms with Gasteiger partial charge in [0.1, 0.15) is 11.9 Å². The van der Waals surface area contributed by atoms with Gasteiger partial charge in [-0.2, -0.15) is 0 Å². The summed E-state index contributed by atoms with van der Waals surface area (Å²) < 4.78 is 36.7. The van der Waals surface area contributed by atoms with Crippen LogP contribution in [0.15, 0.2) is 29.2 Å². The van der Waals surface area contributed by atoms with E-state index >= 15 is 0 Å². The van der Waals surface area contributed by atoms with Gasteiger partial charge in [0.2, 0.25) is 0 Å². The number of halogens is 1. The maximum absolute atomic E-state index is 12.7. The highest BCUT2D eigenvalue weighted by Crippen LogP contribution is 2.13. The van der Waals surface area contributed by atoms with Gasteiger partial charge in [-0.1, -0.05) is 0 Å². The van der Waals surface area contributed by atoms with Crippen LogP contribution in [0.3, 0.4) is 0 Å². The fourth-order valence-corrected chi connectivity index (χ4v) is 2.94. The lowest BCUT2D eigenvalue weighted by Gasteiger charge is -2.20. The van der Waals surface area contributed by atoms with Crippen molar-refractivity contribution in [1.82, 2.24) is 4.90 Å². The van der Waals surface area contributed by atoms with Crippen molar-refractivity contribution in [3.63, 3.8) is 0 Å². The Balaban J connectivity index is 2.56. The van der Waals surface area contributed by atoms with Gasteiger partial charge in [-0.05, 0) is 51.2 Å². The van der Waals surface area contributed by atoms with Gasteiger partial charge in [-0.3, -0.25) is 9.69 Å². The maximum Gasteiger partial charge on any atom is 0.320 e. The number of likely N-dealkylation sites (N-methyl/N-ethyl adjacent to an activating group) is 1. The number of carboxylic acids is 1. The fraction of sp³-hybridized carbons (Fsp3) is 0.462. The Hall–Kier alpha value is -1.47. The van der Waals surface area contributed by atoms with E-state index in [0.717, 1.165) is 12.1 Å². The van der Waals surface area contributed by atoms with Crippen molar-refractivity contribution in [1.29, 1.82) is 0 Å². The lowest BCUT2D eigenvalue weighted by atomic mass is 10.3. The number of aliphatic carboxylic acids is 1. The molecule has 0 saturated carbocycles. The van der Waals surface area contributed by atoms with Crippen LogP contribution in [0.2, 0.25) is 0 Å². The van der Waals surface area contributed by atoms with Crippen molar-refractivity contribution in [2.24, 2.45) is 0 Å². The number of carbonyl (C=O) groups is 1. The van der Waals surface area contributed by atoms with E-state index < -0.39 is 27.7 Å². The van der Waals surface area contributed by atoms with Crippen molar-refractivity contribution in [3.05, 3.63) is 30.1 Å².